The van der Waals surface area contributed by atoms with E-state index in [1.54, 1.807) is 25.3 Å². The van der Waals surface area contributed by atoms with Crippen LogP contribution in [0.5, 0.6) is 0 Å². The molecule has 0 fully saturated rings. The summed E-state index contributed by atoms with van der Waals surface area (Å²) in [4.78, 5) is 16.1. The number of rotatable bonds is 2. The van der Waals surface area contributed by atoms with Crippen LogP contribution in [0.1, 0.15) is 21.5 Å². The lowest BCUT2D eigenvalue weighted by molar-refractivity contribution is 0.103. The van der Waals surface area contributed by atoms with Crippen molar-refractivity contribution >= 4 is 33.3 Å². The fourth-order valence-corrected chi connectivity index (χ4v) is 2.05. The molecule has 0 radical (unpaired) electrons. The van der Waals surface area contributed by atoms with E-state index in [0.29, 0.717) is 15.6 Å². The maximum atomic E-state index is 13.9. The molecule has 1 aromatic heterocycles. The largest absolute Gasteiger partial charge is 0.288 e. The highest BCUT2D eigenvalue weighted by Gasteiger charge is 2.19. The Bertz CT molecular complexity index is 630. The zero-order valence-electron chi connectivity index (χ0n) is 9.38. The number of aromatic nitrogens is 1. The van der Waals surface area contributed by atoms with Crippen molar-refractivity contribution in [3.05, 3.63) is 62.6 Å². The molecule has 0 unspecified atom stereocenters. The third kappa shape index (κ3) is 2.31. The molecule has 0 aliphatic rings. The molecule has 0 saturated carbocycles. The molecular weight excluding hydrogens is 321 g/mol. The smallest absolute Gasteiger partial charge is 0.196 e. The van der Waals surface area contributed by atoms with E-state index in [1.165, 1.54) is 12.3 Å². The maximum absolute atomic E-state index is 13.9. The van der Waals surface area contributed by atoms with Gasteiger partial charge in [-0.2, -0.15) is 0 Å². The Morgan fingerprint density at radius 3 is 2.72 bits per heavy atom. The van der Waals surface area contributed by atoms with Gasteiger partial charge in [0, 0.05) is 22.4 Å². The average molecular weight is 329 g/mol. The minimum Gasteiger partial charge on any atom is -0.288 e. The van der Waals surface area contributed by atoms with Gasteiger partial charge in [0.05, 0.1) is 10.6 Å². The van der Waals surface area contributed by atoms with Crippen LogP contribution in [-0.2, 0) is 0 Å². The summed E-state index contributed by atoms with van der Waals surface area (Å²) in [6.45, 7) is 1.75. The van der Waals surface area contributed by atoms with Gasteiger partial charge < -0.3 is 0 Å². The van der Waals surface area contributed by atoms with Crippen molar-refractivity contribution in [3.8, 4) is 0 Å². The summed E-state index contributed by atoms with van der Waals surface area (Å²) in [6, 6.07) is 4.52. The monoisotopic (exact) mass is 327 g/mol. The summed E-state index contributed by atoms with van der Waals surface area (Å²) >= 11 is 8.87. The second-order valence-corrected chi connectivity index (χ2v) is 4.97. The first kappa shape index (κ1) is 13.2. The number of carbonyl (C=O) groups excluding carboxylic acids is 1. The van der Waals surface area contributed by atoms with Crippen LogP contribution < -0.4 is 0 Å². The first-order chi connectivity index (χ1) is 8.52. The molecule has 0 atom stereocenters. The molecule has 2 rings (SSSR count). The summed E-state index contributed by atoms with van der Waals surface area (Å²) in [5.74, 6) is -1.12. The van der Waals surface area contributed by atoms with Crippen LogP contribution in [0.2, 0.25) is 5.02 Å². The predicted octanol–water partition coefficient (Wildman–Crippen LogP) is 4.18. The third-order valence-electron chi connectivity index (χ3n) is 2.54. The number of carbonyl (C=O) groups is 1. The molecule has 0 spiro atoms. The summed E-state index contributed by atoms with van der Waals surface area (Å²) in [5.41, 5.74) is 1.07. The second kappa shape index (κ2) is 5.16. The van der Waals surface area contributed by atoms with Crippen LogP contribution in [0.25, 0.3) is 0 Å². The first-order valence-corrected chi connectivity index (χ1v) is 6.28. The van der Waals surface area contributed by atoms with Crippen LogP contribution in [0.3, 0.4) is 0 Å². The van der Waals surface area contributed by atoms with Crippen molar-refractivity contribution in [1.29, 1.82) is 0 Å². The SMILES string of the molecule is Cc1cnccc1C(=O)c1ccc(Br)c(Cl)c1F. The van der Waals surface area contributed by atoms with Crippen LogP contribution in [-0.4, -0.2) is 10.8 Å². The highest BCUT2D eigenvalue weighted by atomic mass is 79.9. The number of nitrogens with zero attached hydrogens (tertiary/aromatic N) is 1. The Hall–Kier alpha value is -1.26. The molecule has 18 heavy (non-hydrogen) atoms. The average Bonchev–Trinajstić information content (AvgIpc) is 2.36. The Balaban J connectivity index is 2.54. The molecule has 2 nitrogen and oxygen atoms in total. The van der Waals surface area contributed by atoms with Crippen molar-refractivity contribution in [2.45, 2.75) is 6.92 Å². The van der Waals surface area contributed by atoms with Gasteiger partial charge in [-0.05, 0) is 46.6 Å². The quantitative estimate of drug-likeness (QED) is 0.611. The summed E-state index contributed by atoms with van der Waals surface area (Å²) < 4.78 is 14.4. The van der Waals surface area contributed by atoms with Crippen LogP contribution >= 0.6 is 27.5 Å². The molecular formula is C13H8BrClFNO. The number of aryl methyl sites for hydroxylation is 1. The number of halogens is 3. The zero-order valence-corrected chi connectivity index (χ0v) is 11.7. The summed E-state index contributed by atoms with van der Waals surface area (Å²) in [5, 5.41) is -0.0902. The van der Waals surface area contributed by atoms with Crippen LogP contribution in [0.15, 0.2) is 35.1 Å². The normalized spacial score (nSPS) is 10.4. The molecule has 0 amide bonds. The topological polar surface area (TPSA) is 30.0 Å². The van der Waals surface area contributed by atoms with E-state index in [1.807, 2.05) is 0 Å². The molecule has 0 saturated heterocycles. The van der Waals surface area contributed by atoms with Crippen molar-refractivity contribution in [2.75, 3.05) is 0 Å². The van der Waals surface area contributed by atoms with E-state index >= 15 is 0 Å². The van der Waals surface area contributed by atoms with Crippen LogP contribution in [0, 0.1) is 12.7 Å². The standard InChI is InChI=1S/C13H8BrClFNO/c1-7-6-17-5-4-8(7)13(18)9-2-3-10(14)11(15)12(9)16/h2-6H,1H3. The van der Waals surface area contributed by atoms with Crippen LogP contribution in [0.4, 0.5) is 4.39 Å². The lowest BCUT2D eigenvalue weighted by atomic mass is 10.0. The molecule has 0 bridgehead atoms. The predicted molar refractivity (Wildman–Crippen MR) is 71.5 cm³/mol. The lowest BCUT2D eigenvalue weighted by Gasteiger charge is -2.07. The number of pyridine rings is 1. The fourth-order valence-electron chi connectivity index (χ4n) is 1.57. The molecule has 1 aromatic carbocycles. The van der Waals surface area contributed by atoms with Crippen molar-refractivity contribution in [2.24, 2.45) is 0 Å². The molecule has 2 aromatic rings. The highest BCUT2D eigenvalue weighted by Crippen LogP contribution is 2.29. The zero-order chi connectivity index (χ0) is 13.3. The summed E-state index contributed by atoms with van der Waals surface area (Å²) in [6.07, 6.45) is 3.06. The molecule has 0 aliphatic carbocycles. The van der Waals surface area contributed by atoms with E-state index in [0.717, 1.165) is 0 Å². The van der Waals surface area contributed by atoms with Gasteiger partial charge in [-0.1, -0.05) is 11.6 Å². The lowest BCUT2D eigenvalue weighted by Crippen LogP contribution is -2.07. The third-order valence-corrected chi connectivity index (χ3v) is 3.80. The molecule has 0 N–H and O–H groups in total. The van der Waals surface area contributed by atoms with Gasteiger partial charge in [-0.25, -0.2) is 4.39 Å². The Morgan fingerprint density at radius 1 is 1.33 bits per heavy atom. The van der Waals surface area contributed by atoms with E-state index < -0.39 is 11.6 Å². The summed E-state index contributed by atoms with van der Waals surface area (Å²) in [7, 11) is 0. The van der Waals surface area contributed by atoms with Gasteiger partial charge in [0.15, 0.2) is 11.6 Å². The maximum Gasteiger partial charge on any atom is 0.196 e. The number of hydrogen-bond acceptors (Lipinski definition) is 2. The van der Waals surface area contributed by atoms with Crippen molar-refractivity contribution in [3.63, 3.8) is 0 Å². The Morgan fingerprint density at radius 2 is 2.06 bits per heavy atom. The molecule has 1 heterocycles. The van der Waals surface area contributed by atoms with Crippen molar-refractivity contribution < 1.29 is 9.18 Å². The second-order valence-electron chi connectivity index (χ2n) is 3.74. The Kier molecular flexibility index (Phi) is 3.78. The number of ketones is 1. The van der Waals surface area contributed by atoms with Gasteiger partial charge in [0.25, 0.3) is 0 Å². The van der Waals surface area contributed by atoms with E-state index in [9.17, 15) is 9.18 Å². The fraction of sp³-hybridized carbons (Fsp3) is 0.0769. The molecule has 5 heteroatoms. The number of benzene rings is 1. The molecule has 92 valence electrons. The minimum atomic E-state index is -0.716. The van der Waals surface area contributed by atoms with E-state index in [2.05, 4.69) is 20.9 Å². The van der Waals surface area contributed by atoms with E-state index in [4.69, 9.17) is 11.6 Å². The molecule has 0 aliphatic heterocycles. The van der Waals surface area contributed by atoms with Crippen molar-refractivity contribution in [1.82, 2.24) is 4.98 Å². The number of hydrogen-bond donors (Lipinski definition) is 0. The van der Waals surface area contributed by atoms with Gasteiger partial charge in [0.1, 0.15) is 0 Å². The van der Waals surface area contributed by atoms with Gasteiger partial charge in [0.2, 0.25) is 0 Å². The highest BCUT2D eigenvalue weighted by molar-refractivity contribution is 9.10. The van der Waals surface area contributed by atoms with E-state index in [-0.39, 0.29) is 10.6 Å². The van der Waals surface area contributed by atoms with Gasteiger partial charge in [-0.15, -0.1) is 0 Å². The van der Waals surface area contributed by atoms with Gasteiger partial charge >= 0.3 is 0 Å². The Labute approximate surface area is 117 Å². The minimum absolute atomic E-state index is 0.0440. The van der Waals surface area contributed by atoms with Gasteiger partial charge in [-0.3, -0.25) is 9.78 Å². The first-order valence-electron chi connectivity index (χ1n) is 5.11.